The second kappa shape index (κ2) is 6.81. The molecule has 0 atom stereocenters. The minimum absolute atomic E-state index is 0.215. The number of ether oxygens (including phenoxy) is 1. The number of nitrogens with zero attached hydrogens (tertiary/aromatic N) is 2. The van der Waals surface area contributed by atoms with Crippen molar-refractivity contribution in [2.24, 2.45) is 0 Å². The van der Waals surface area contributed by atoms with Crippen LogP contribution in [-0.2, 0) is 4.74 Å². The van der Waals surface area contributed by atoms with Crippen LogP contribution in [0.3, 0.4) is 0 Å². The van der Waals surface area contributed by atoms with Gasteiger partial charge in [-0.15, -0.1) is 0 Å². The molecule has 0 saturated carbocycles. The van der Waals surface area contributed by atoms with Gasteiger partial charge in [0.1, 0.15) is 11.4 Å². The lowest BCUT2D eigenvalue weighted by atomic mass is 10.1. The van der Waals surface area contributed by atoms with Crippen LogP contribution in [0.1, 0.15) is 33.6 Å². The van der Waals surface area contributed by atoms with E-state index in [-0.39, 0.29) is 6.09 Å². The molecule has 0 radical (unpaired) electrons. The monoisotopic (exact) mass is 403 g/mol. The standard InChI is InChI=1S/C15H22IN3O2/c1-15(2,3)21-14(20)19-8-6-12(7-9-19)18-13-5-4-11(16)10-17-13/h4-5,10,12H,6-9H2,1-3H3,(H,17,18). The number of hydrogen-bond donors (Lipinski definition) is 1. The summed E-state index contributed by atoms with van der Waals surface area (Å²) in [5.41, 5.74) is -0.433. The Morgan fingerprint density at radius 2 is 2.05 bits per heavy atom. The molecule has 1 aliphatic heterocycles. The number of nitrogens with one attached hydrogen (secondary N) is 1. The van der Waals surface area contributed by atoms with Crippen molar-refractivity contribution in [3.05, 3.63) is 21.9 Å². The van der Waals surface area contributed by atoms with Crippen molar-refractivity contribution >= 4 is 34.5 Å². The second-order valence-electron chi connectivity index (χ2n) is 6.25. The Hall–Kier alpha value is -1.05. The zero-order valence-electron chi connectivity index (χ0n) is 12.7. The molecule has 1 aliphatic rings. The quantitative estimate of drug-likeness (QED) is 0.769. The van der Waals surface area contributed by atoms with Crippen LogP contribution in [-0.4, -0.2) is 40.7 Å². The van der Waals surface area contributed by atoms with Gasteiger partial charge in [-0.3, -0.25) is 0 Å². The highest BCUT2D eigenvalue weighted by atomic mass is 127. The van der Waals surface area contributed by atoms with Crippen molar-refractivity contribution in [1.82, 2.24) is 9.88 Å². The van der Waals surface area contributed by atoms with Crippen LogP contribution in [0.2, 0.25) is 0 Å². The molecule has 0 bridgehead atoms. The van der Waals surface area contributed by atoms with Crippen LogP contribution >= 0.6 is 22.6 Å². The number of pyridine rings is 1. The number of aromatic nitrogens is 1. The van der Waals surface area contributed by atoms with Crippen molar-refractivity contribution in [1.29, 1.82) is 0 Å². The van der Waals surface area contributed by atoms with Crippen molar-refractivity contribution in [3.63, 3.8) is 0 Å². The SMILES string of the molecule is CC(C)(C)OC(=O)N1CCC(Nc2ccc(I)cn2)CC1. The number of hydrogen-bond acceptors (Lipinski definition) is 4. The molecule has 1 fully saturated rings. The van der Waals surface area contributed by atoms with Gasteiger partial charge in [0.2, 0.25) is 0 Å². The lowest BCUT2D eigenvalue weighted by Gasteiger charge is -2.33. The van der Waals surface area contributed by atoms with Gasteiger partial charge in [0.25, 0.3) is 0 Å². The third kappa shape index (κ3) is 5.33. The average molecular weight is 403 g/mol. The Morgan fingerprint density at radius 1 is 1.38 bits per heavy atom. The normalized spacial score (nSPS) is 16.7. The van der Waals surface area contributed by atoms with Gasteiger partial charge in [-0.05, 0) is 68.3 Å². The number of amides is 1. The van der Waals surface area contributed by atoms with Crippen molar-refractivity contribution in [3.8, 4) is 0 Å². The first kappa shape index (κ1) is 16.3. The van der Waals surface area contributed by atoms with Gasteiger partial charge in [-0.2, -0.15) is 0 Å². The first-order valence-electron chi connectivity index (χ1n) is 7.19. The molecule has 1 amide bonds. The van der Waals surface area contributed by atoms with Gasteiger partial charge in [0.15, 0.2) is 0 Å². The lowest BCUT2D eigenvalue weighted by Crippen LogP contribution is -2.44. The van der Waals surface area contributed by atoms with Crippen molar-refractivity contribution < 1.29 is 9.53 Å². The second-order valence-corrected chi connectivity index (χ2v) is 7.49. The Kier molecular flexibility index (Phi) is 5.29. The molecule has 5 nitrogen and oxygen atoms in total. The van der Waals surface area contributed by atoms with Gasteiger partial charge >= 0.3 is 6.09 Å². The molecular weight excluding hydrogens is 381 g/mol. The Bertz CT molecular complexity index is 477. The maximum Gasteiger partial charge on any atom is 0.410 e. The zero-order valence-corrected chi connectivity index (χ0v) is 14.9. The fourth-order valence-electron chi connectivity index (χ4n) is 2.20. The molecule has 1 aromatic heterocycles. The molecule has 0 unspecified atom stereocenters. The first-order chi connectivity index (χ1) is 9.83. The number of anilines is 1. The van der Waals surface area contributed by atoms with Gasteiger partial charge in [0, 0.05) is 28.9 Å². The van der Waals surface area contributed by atoms with E-state index in [0.29, 0.717) is 6.04 Å². The van der Waals surface area contributed by atoms with Crippen molar-refractivity contribution in [2.45, 2.75) is 45.3 Å². The predicted molar refractivity (Wildman–Crippen MR) is 91.4 cm³/mol. The molecule has 1 N–H and O–H groups in total. The highest BCUT2D eigenvalue weighted by Crippen LogP contribution is 2.18. The summed E-state index contributed by atoms with van der Waals surface area (Å²) in [4.78, 5) is 18.1. The van der Waals surface area contributed by atoms with E-state index < -0.39 is 5.60 Å². The topological polar surface area (TPSA) is 54.5 Å². The van der Waals surface area contributed by atoms with Crippen LogP contribution in [0.5, 0.6) is 0 Å². The molecule has 0 aromatic carbocycles. The number of likely N-dealkylation sites (tertiary alicyclic amines) is 1. The summed E-state index contributed by atoms with van der Waals surface area (Å²) in [5, 5.41) is 3.42. The van der Waals surface area contributed by atoms with E-state index >= 15 is 0 Å². The number of piperidine rings is 1. The first-order valence-corrected chi connectivity index (χ1v) is 8.27. The number of carbonyl (C=O) groups excluding carboxylic acids is 1. The van der Waals surface area contributed by atoms with Crippen LogP contribution in [0.15, 0.2) is 18.3 Å². The highest BCUT2D eigenvalue weighted by molar-refractivity contribution is 14.1. The average Bonchev–Trinajstić information content (AvgIpc) is 2.40. The summed E-state index contributed by atoms with van der Waals surface area (Å²) in [5.74, 6) is 0.895. The lowest BCUT2D eigenvalue weighted by molar-refractivity contribution is 0.0210. The van der Waals surface area contributed by atoms with Crippen LogP contribution < -0.4 is 5.32 Å². The van der Waals surface area contributed by atoms with E-state index in [4.69, 9.17) is 4.74 Å². The smallest absolute Gasteiger partial charge is 0.410 e. The van der Waals surface area contributed by atoms with Gasteiger partial charge in [-0.1, -0.05) is 0 Å². The van der Waals surface area contributed by atoms with E-state index in [9.17, 15) is 4.79 Å². The molecule has 116 valence electrons. The summed E-state index contributed by atoms with van der Waals surface area (Å²) < 4.78 is 6.52. The van der Waals surface area contributed by atoms with Crippen LogP contribution in [0, 0.1) is 3.57 Å². The zero-order chi connectivity index (χ0) is 15.5. The van der Waals surface area contributed by atoms with E-state index in [0.717, 1.165) is 35.3 Å². The Labute approximate surface area is 139 Å². The minimum Gasteiger partial charge on any atom is -0.444 e. The molecule has 1 aromatic rings. The highest BCUT2D eigenvalue weighted by Gasteiger charge is 2.26. The third-order valence-corrected chi connectivity index (χ3v) is 3.86. The predicted octanol–water partition coefficient (Wildman–Crippen LogP) is 3.50. The third-order valence-electron chi connectivity index (χ3n) is 3.23. The summed E-state index contributed by atoms with van der Waals surface area (Å²) >= 11 is 2.24. The van der Waals surface area contributed by atoms with E-state index in [1.165, 1.54) is 0 Å². The number of halogens is 1. The Morgan fingerprint density at radius 3 is 2.57 bits per heavy atom. The largest absolute Gasteiger partial charge is 0.444 e. The summed E-state index contributed by atoms with van der Waals surface area (Å²) in [6.07, 6.45) is 3.45. The number of carbonyl (C=O) groups is 1. The van der Waals surface area contributed by atoms with E-state index in [1.54, 1.807) is 4.90 Å². The van der Waals surface area contributed by atoms with Crippen LogP contribution in [0.25, 0.3) is 0 Å². The molecule has 6 heteroatoms. The Balaban J connectivity index is 1.80. The van der Waals surface area contributed by atoms with Crippen LogP contribution in [0.4, 0.5) is 10.6 Å². The van der Waals surface area contributed by atoms with Crippen molar-refractivity contribution in [2.75, 3.05) is 18.4 Å². The summed E-state index contributed by atoms with van der Waals surface area (Å²) in [6.45, 7) is 7.11. The minimum atomic E-state index is -0.433. The van der Waals surface area contributed by atoms with E-state index in [1.807, 2.05) is 39.1 Å². The molecular formula is C15H22IN3O2. The number of rotatable bonds is 2. The van der Waals surface area contributed by atoms with Gasteiger partial charge in [0.05, 0.1) is 0 Å². The van der Waals surface area contributed by atoms with Gasteiger partial charge < -0.3 is 15.0 Å². The molecule has 0 spiro atoms. The molecule has 0 aliphatic carbocycles. The fourth-order valence-corrected chi connectivity index (χ4v) is 2.52. The molecule has 1 saturated heterocycles. The fraction of sp³-hybridized carbons (Fsp3) is 0.600. The summed E-state index contributed by atoms with van der Waals surface area (Å²) in [6, 6.07) is 4.38. The van der Waals surface area contributed by atoms with Gasteiger partial charge in [-0.25, -0.2) is 9.78 Å². The van der Waals surface area contributed by atoms with E-state index in [2.05, 4.69) is 32.9 Å². The summed E-state index contributed by atoms with van der Waals surface area (Å²) in [7, 11) is 0. The maximum atomic E-state index is 12.0. The molecule has 2 heterocycles. The maximum absolute atomic E-state index is 12.0. The molecule has 2 rings (SSSR count). The molecule has 21 heavy (non-hydrogen) atoms.